The van der Waals surface area contributed by atoms with Gasteiger partial charge in [-0.3, -0.25) is 4.79 Å². The number of benzene rings is 1. The third-order valence-corrected chi connectivity index (χ3v) is 6.94. The molecule has 2 amide bonds. The summed E-state index contributed by atoms with van der Waals surface area (Å²) in [6.07, 6.45) is -0.635. The van der Waals surface area contributed by atoms with Crippen LogP contribution in [-0.2, 0) is 16.0 Å². The molecular formula is C26H33ClFN5O6. The van der Waals surface area contributed by atoms with Crippen molar-refractivity contribution in [1.82, 2.24) is 15.2 Å². The number of aliphatic hydroxyl groups is 1. The zero-order chi connectivity index (χ0) is 28.6. The van der Waals surface area contributed by atoms with Crippen LogP contribution < -0.4 is 20.4 Å². The molecule has 3 N–H and O–H groups in total. The van der Waals surface area contributed by atoms with Gasteiger partial charge in [-0.25, -0.2) is 14.0 Å². The number of anilines is 2. The van der Waals surface area contributed by atoms with Gasteiger partial charge in [-0.05, 0) is 57.4 Å². The molecule has 0 radical (unpaired) electrons. The summed E-state index contributed by atoms with van der Waals surface area (Å²) in [7, 11) is 2.75. The molecule has 0 saturated carbocycles. The Morgan fingerprint density at radius 3 is 2.69 bits per heavy atom. The lowest BCUT2D eigenvalue weighted by Crippen LogP contribution is -2.51. The SMILES string of the molecule is COC(=O)c1c2c(n(Cc3cc(F)ccc3Cl)c1N1CCC[C@@H](NC(=O)OC(C)(C)C)C1)C(=O)NC(O)N2C. The van der Waals surface area contributed by atoms with Gasteiger partial charge in [-0.2, -0.15) is 0 Å². The fourth-order valence-electron chi connectivity index (χ4n) is 4.94. The van der Waals surface area contributed by atoms with Crippen LogP contribution in [0.3, 0.4) is 0 Å². The van der Waals surface area contributed by atoms with Gasteiger partial charge in [0, 0.05) is 31.2 Å². The average Bonchev–Trinajstić information content (AvgIpc) is 3.18. The first-order valence-corrected chi connectivity index (χ1v) is 12.9. The van der Waals surface area contributed by atoms with E-state index in [0.717, 1.165) is 0 Å². The number of esters is 1. The van der Waals surface area contributed by atoms with E-state index < -0.39 is 35.7 Å². The molecule has 11 nitrogen and oxygen atoms in total. The number of alkyl carbamates (subject to hydrolysis) is 1. The number of aliphatic hydroxyl groups excluding tert-OH is 1. The van der Waals surface area contributed by atoms with Crippen molar-refractivity contribution in [3.63, 3.8) is 0 Å². The molecule has 3 heterocycles. The van der Waals surface area contributed by atoms with Gasteiger partial charge >= 0.3 is 12.1 Å². The van der Waals surface area contributed by atoms with E-state index in [-0.39, 0.29) is 41.1 Å². The number of hydrogen-bond donors (Lipinski definition) is 3. The Balaban J connectivity index is 1.84. The number of carbonyl (C=O) groups excluding carboxylic acids is 3. The largest absolute Gasteiger partial charge is 0.465 e. The standard InChI is InChI=1S/C26H33ClFN5O6/c1-26(2,3)39-25(37)29-16-7-6-10-32(13-16)22-18(23(35)38-5)19-20(21(34)30-24(36)31(19)4)33(22)12-14-11-15(28)8-9-17(14)27/h8-9,11,16,24,36H,6-7,10,12-13H2,1-5H3,(H,29,37)(H,30,34)/t16-,24?/m1/s1. The summed E-state index contributed by atoms with van der Waals surface area (Å²) >= 11 is 6.39. The minimum absolute atomic E-state index is 0.0523. The summed E-state index contributed by atoms with van der Waals surface area (Å²) in [6.45, 7) is 6.04. The van der Waals surface area contributed by atoms with Crippen LogP contribution in [0, 0.1) is 5.82 Å². The Bertz CT molecular complexity index is 1290. The van der Waals surface area contributed by atoms with Gasteiger partial charge in [-0.15, -0.1) is 0 Å². The minimum atomic E-state index is -1.39. The number of aromatic nitrogens is 1. The Kier molecular flexibility index (Phi) is 7.99. The number of nitrogens with one attached hydrogen (secondary N) is 2. The van der Waals surface area contributed by atoms with Gasteiger partial charge in [0.25, 0.3) is 5.91 Å². The molecule has 2 aliphatic heterocycles. The second-order valence-electron chi connectivity index (χ2n) is 10.6. The summed E-state index contributed by atoms with van der Waals surface area (Å²) in [5.41, 5.74) is 0.0277. The molecule has 13 heteroatoms. The lowest BCUT2D eigenvalue weighted by molar-refractivity contribution is 0.0497. The molecule has 2 aromatic rings. The number of ether oxygens (including phenoxy) is 2. The van der Waals surface area contributed by atoms with Crippen LogP contribution in [0.2, 0.25) is 5.02 Å². The first-order valence-electron chi connectivity index (χ1n) is 12.6. The van der Waals surface area contributed by atoms with E-state index in [4.69, 9.17) is 21.1 Å². The number of hydrogen-bond acceptors (Lipinski definition) is 8. The Hall–Kier alpha value is -3.51. The highest BCUT2D eigenvalue weighted by Gasteiger charge is 2.41. The summed E-state index contributed by atoms with van der Waals surface area (Å²) in [5.74, 6) is -1.53. The van der Waals surface area contributed by atoms with E-state index in [9.17, 15) is 23.9 Å². The monoisotopic (exact) mass is 565 g/mol. The lowest BCUT2D eigenvalue weighted by Gasteiger charge is -2.36. The molecule has 4 rings (SSSR count). The zero-order valence-electron chi connectivity index (χ0n) is 22.5. The fraction of sp³-hybridized carbons (Fsp3) is 0.500. The maximum Gasteiger partial charge on any atom is 0.407 e. The van der Waals surface area contributed by atoms with Gasteiger partial charge in [0.2, 0.25) is 6.35 Å². The van der Waals surface area contributed by atoms with Crippen molar-refractivity contribution in [1.29, 1.82) is 0 Å². The van der Waals surface area contributed by atoms with Crippen molar-refractivity contribution < 1.29 is 33.4 Å². The van der Waals surface area contributed by atoms with E-state index in [1.54, 1.807) is 25.3 Å². The summed E-state index contributed by atoms with van der Waals surface area (Å²) in [4.78, 5) is 42.2. The highest BCUT2D eigenvalue weighted by Crippen LogP contribution is 2.41. The van der Waals surface area contributed by atoms with Crippen molar-refractivity contribution in [3.05, 3.63) is 45.9 Å². The van der Waals surface area contributed by atoms with Gasteiger partial charge in [0.15, 0.2) is 0 Å². The van der Waals surface area contributed by atoms with E-state index in [1.165, 1.54) is 37.3 Å². The first kappa shape index (κ1) is 28.5. The zero-order valence-corrected chi connectivity index (χ0v) is 23.3. The number of carbonyl (C=O) groups is 3. The van der Waals surface area contributed by atoms with Gasteiger partial charge in [0.1, 0.15) is 28.5 Å². The second kappa shape index (κ2) is 10.9. The topological polar surface area (TPSA) is 125 Å². The van der Waals surface area contributed by atoms with Crippen LogP contribution in [0.5, 0.6) is 0 Å². The van der Waals surface area contributed by atoms with E-state index in [0.29, 0.717) is 30.8 Å². The summed E-state index contributed by atoms with van der Waals surface area (Å²) in [6, 6.07) is 3.58. The number of rotatable bonds is 5. The van der Waals surface area contributed by atoms with Crippen molar-refractivity contribution in [2.24, 2.45) is 0 Å². The third kappa shape index (κ3) is 5.91. The maximum absolute atomic E-state index is 14.2. The van der Waals surface area contributed by atoms with Crippen LogP contribution in [0.25, 0.3) is 0 Å². The van der Waals surface area contributed by atoms with Crippen LogP contribution in [0.15, 0.2) is 18.2 Å². The van der Waals surface area contributed by atoms with Gasteiger partial charge < -0.3 is 39.6 Å². The molecule has 0 spiro atoms. The molecule has 0 bridgehead atoms. The molecular weight excluding hydrogens is 533 g/mol. The molecule has 2 aliphatic rings. The van der Waals surface area contributed by atoms with Crippen molar-refractivity contribution in [2.45, 2.75) is 58.2 Å². The highest BCUT2D eigenvalue weighted by molar-refractivity contribution is 6.31. The number of nitrogens with zero attached hydrogens (tertiary/aromatic N) is 3. The van der Waals surface area contributed by atoms with Crippen molar-refractivity contribution >= 4 is 41.1 Å². The summed E-state index contributed by atoms with van der Waals surface area (Å²) < 4.78 is 26.3. The van der Waals surface area contributed by atoms with Crippen LogP contribution in [0.1, 0.15) is 60.0 Å². The molecule has 1 saturated heterocycles. The Morgan fingerprint density at radius 2 is 2.03 bits per heavy atom. The molecule has 1 unspecified atom stereocenters. The maximum atomic E-state index is 14.2. The Morgan fingerprint density at radius 1 is 1.31 bits per heavy atom. The fourth-order valence-corrected chi connectivity index (χ4v) is 5.12. The normalized spacial score (nSPS) is 19.3. The van der Waals surface area contributed by atoms with Gasteiger partial charge in [0.05, 0.1) is 19.3 Å². The number of halogens is 2. The third-order valence-electron chi connectivity index (χ3n) is 6.57. The van der Waals surface area contributed by atoms with Crippen molar-refractivity contribution in [2.75, 3.05) is 37.0 Å². The summed E-state index contributed by atoms with van der Waals surface area (Å²) in [5, 5.41) is 16.1. The number of fused-ring (bicyclic) bond motifs is 1. The van der Waals surface area contributed by atoms with Gasteiger partial charge in [-0.1, -0.05) is 11.6 Å². The molecule has 1 fully saturated rings. The number of piperidine rings is 1. The number of methoxy groups -OCH3 is 1. The molecule has 39 heavy (non-hydrogen) atoms. The van der Waals surface area contributed by atoms with E-state index >= 15 is 0 Å². The van der Waals surface area contributed by atoms with E-state index in [2.05, 4.69) is 10.6 Å². The first-order chi connectivity index (χ1) is 18.3. The lowest BCUT2D eigenvalue weighted by atomic mass is 10.0. The second-order valence-corrected chi connectivity index (χ2v) is 11.0. The smallest absolute Gasteiger partial charge is 0.407 e. The molecule has 1 aromatic carbocycles. The predicted octanol–water partition coefficient (Wildman–Crippen LogP) is 3.06. The Labute approximate surface area is 230 Å². The quantitative estimate of drug-likeness (QED) is 0.472. The van der Waals surface area contributed by atoms with E-state index in [1.807, 2.05) is 4.90 Å². The minimum Gasteiger partial charge on any atom is -0.465 e. The molecule has 2 atom stereocenters. The predicted molar refractivity (Wildman–Crippen MR) is 143 cm³/mol. The molecule has 0 aliphatic carbocycles. The highest BCUT2D eigenvalue weighted by atomic mass is 35.5. The van der Waals surface area contributed by atoms with Crippen LogP contribution >= 0.6 is 11.6 Å². The van der Waals surface area contributed by atoms with Crippen molar-refractivity contribution in [3.8, 4) is 0 Å². The number of amides is 2. The van der Waals surface area contributed by atoms with Crippen LogP contribution in [-0.4, -0.2) is 72.9 Å². The molecule has 212 valence electrons. The molecule has 1 aromatic heterocycles. The van der Waals surface area contributed by atoms with Crippen LogP contribution in [0.4, 0.5) is 20.7 Å². The average molecular weight is 566 g/mol.